The lowest BCUT2D eigenvalue weighted by atomic mass is 10.3. The van der Waals surface area contributed by atoms with E-state index in [9.17, 15) is 0 Å². The van der Waals surface area contributed by atoms with Crippen molar-refractivity contribution in [1.29, 1.82) is 0 Å². The van der Waals surface area contributed by atoms with E-state index in [0.29, 0.717) is 12.6 Å². The molecule has 0 saturated heterocycles. The maximum Gasteiger partial charge on any atom is 0.208 e. The SMILES string of the molecule is CCCCN(C)C(=NC(C)COC)NN. The van der Waals surface area contributed by atoms with Gasteiger partial charge in [0, 0.05) is 20.7 Å². The van der Waals surface area contributed by atoms with Crippen molar-refractivity contribution in [3.05, 3.63) is 0 Å². The number of aliphatic imine (C=N–C) groups is 1. The number of hydrogen-bond donors (Lipinski definition) is 2. The second-order valence-corrected chi connectivity index (χ2v) is 3.68. The number of nitrogens with one attached hydrogen (secondary N) is 1. The van der Waals surface area contributed by atoms with Gasteiger partial charge in [-0.05, 0) is 13.3 Å². The number of ether oxygens (including phenoxy) is 1. The molecule has 0 spiro atoms. The van der Waals surface area contributed by atoms with Crippen LogP contribution >= 0.6 is 0 Å². The molecule has 0 radical (unpaired) electrons. The van der Waals surface area contributed by atoms with Gasteiger partial charge in [0.05, 0.1) is 12.6 Å². The molecule has 1 unspecified atom stereocenters. The predicted molar refractivity (Wildman–Crippen MR) is 63.6 cm³/mol. The first-order valence-corrected chi connectivity index (χ1v) is 5.40. The fourth-order valence-corrected chi connectivity index (χ4v) is 1.23. The van der Waals surface area contributed by atoms with Crippen LogP contribution in [-0.4, -0.2) is 44.2 Å². The van der Waals surface area contributed by atoms with E-state index in [-0.39, 0.29) is 6.04 Å². The molecule has 0 fully saturated rings. The van der Waals surface area contributed by atoms with Crippen molar-refractivity contribution in [2.75, 3.05) is 27.3 Å². The zero-order valence-electron chi connectivity index (χ0n) is 10.3. The molecule has 0 bridgehead atoms. The number of nitrogens with zero attached hydrogens (tertiary/aromatic N) is 2. The molecule has 0 aromatic rings. The monoisotopic (exact) mass is 216 g/mol. The molecular formula is C10H24N4O. The van der Waals surface area contributed by atoms with Crippen LogP contribution in [0.2, 0.25) is 0 Å². The van der Waals surface area contributed by atoms with Crippen molar-refractivity contribution in [3.63, 3.8) is 0 Å². The van der Waals surface area contributed by atoms with Gasteiger partial charge in [-0.3, -0.25) is 5.43 Å². The lowest BCUT2D eigenvalue weighted by Gasteiger charge is -2.21. The lowest BCUT2D eigenvalue weighted by molar-refractivity contribution is 0.185. The Morgan fingerprint density at radius 1 is 1.60 bits per heavy atom. The van der Waals surface area contributed by atoms with E-state index in [4.69, 9.17) is 10.6 Å². The van der Waals surface area contributed by atoms with Crippen LogP contribution in [0.3, 0.4) is 0 Å². The second kappa shape index (κ2) is 8.49. The van der Waals surface area contributed by atoms with E-state index in [1.165, 1.54) is 0 Å². The Bertz CT molecular complexity index is 184. The summed E-state index contributed by atoms with van der Waals surface area (Å²) in [5, 5.41) is 0. The zero-order chi connectivity index (χ0) is 11.7. The standard InChI is InChI=1S/C10H24N4O/c1-5-6-7-14(3)10(13-11)12-9(2)8-15-4/h9H,5-8,11H2,1-4H3,(H,12,13). The average molecular weight is 216 g/mol. The molecule has 0 amide bonds. The van der Waals surface area contributed by atoms with Gasteiger partial charge in [-0.25, -0.2) is 10.8 Å². The molecule has 0 aromatic heterocycles. The van der Waals surface area contributed by atoms with Crippen LogP contribution in [0.15, 0.2) is 4.99 Å². The first-order valence-electron chi connectivity index (χ1n) is 5.40. The van der Waals surface area contributed by atoms with Crippen molar-refractivity contribution < 1.29 is 4.74 Å². The Balaban J connectivity index is 4.18. The molecular weight excluding hydrogens is 192 g/mol. The number of guanidine groups is 1. The molecule has 0 heterocycles. The van der Waals surface area contributed by atoms with Crippen molar-refractivity contribution >= 4 is 5.96 Å². The molecule has 3 N–H and O–H groups in total. The zero-order valence-corrected chi connectivity index (χ0v) is 10.3. The van der Waals surface area contributed by atoms with Crippen LogP contribution in [0.1, 0.15) is 26.7 Å². The van der Waals surface area contributed by atoms with E-state index in [0.717, 1.165) is 19.4 Å². The number of rotatable bonds is 6. The van der Waals surface area contributed by atoms with Crippen molar-refractivity contribution in [2.24, 2.45) is 10.8 Å². The second-order valence-electron chi connectivity index (χ2n) is 3.68. The maximum absolute atomic E-state index is 5.43. The summed E-state index contributed by atoms with van der Waals surface area (Å²) < 4.78 is 5.02. The van der Waals surface area contributed by atoms with Gasteiger partial charge >= 0.3 is 0 Å². The van der Waals surface area contributed by atoms with Gasteiger partial charge in [-0.1, -0.05) is 13.3 Å². The lowest BCUT2D eigenvalue weighted by Crippen LogP contribution is -2.44. The van der Waals surface area contributed by atoms with Crippen LogP contribution in [0.5, 0.6) is 0 Å². The normalized spacial score (nSPS) is 13.8. The van der Waals surface area contributed by atoms with E-state index in [1.807, 2.05) is 18.9 Å². The molecule has 0 aliphatic carbocycles. The average Bonchev–Trinajstić information content (AvgIpc) is 2.22. The Morgan fingerprint density at radius 2 is 2.27 bits per heavy atom. The number of nitrogens with two attached hydrogens (primary N) is 1. The predicted octanol–water partition coefficient (Wildman–Crippen LogP) is 0.573. The minimum atomic E-state index is 0.116. The minimum absolute atomic E-state index is 0.116. The van der Waals surface area contributed by atoms with Gasteiger partial charge in [-0.2, -0.15) is 0 Å². The third-order valence-electron chi connectivity index (χ3n) is 2.09. The number of methoxy groups -OCH3 is 1. The topological polar surface area (TPSA) is 62.9 Å². The maximum atomic E-state index is 5.43. The third kappa shape index (κ3) is 6.30. The van der Waals surface area contributed by atoms with Crippen molar-refractivity contribution in [2.45, 2.75) is 32.7 Å². The summed E-state index contributed by atoms with van der Waals surface area (Å²) >= 11 is 0. The van der Waals surface area contributed by atoms with Gasteiger partial charge in [-0.15, -0.1) is 0 Å². The highest BCUT2D eigenvalue weighted by Gasteiger charge is 2.06. The molecule has 90 valence electrons. The fourth-order valence-electron chi connectivity index (χ4n) is 1.23. The van der Waals surface area contributed by atoms with Gasteiger partial charge in [0.25, 0.3) is 0 Å². The van der Waals surface area contributed by atoms with Crippen molar-refractivity contribution in [1.82, 2.24) is 10.3 Å². The van der Waals surface area contributed by atoms with Crippen LogP contribution < -0.4 is 11.3 Å². The minimum Gasteiger partial charge on any atom is -0.382 e. The van der Waals surface area contributed by atoms with E-state index in [1.54, 1.807) is 7.11 Å². The van der Waals surface area contributed by atoms with Gasteiger partial charge in [0.1, 0.15) is 0 Å². The highest BCUT2D eigenvalue weighted by Crippen LogP contribution is 1.96. The number of unbranched alkanes of at least 4 members (excludes halogenated alkanes) is 1. The Labute approximate surface area is 92.7 Å². The Hall–Kier alpha value is -0.810. The van der Waals surface area contributed by atoms with E-state index < -0.39 is 0 Å². The van der Waals surface area contributed by atoms with Crippen LogP contribution in [0, 0.1) is 0 Å². The fraction of sp³-hybridized carbons (Fsp3) is 0.900. The van der Waals surface area contributed by atoms with Crippen LogP contribution in [-0.2, 0) is 4.74 Å². The molecule has 0 aliphatic heterocycles. The molecule has 0 rings (SSSR count). The van der Waals surface area contributed by atoms with Crippen molar-refractivity contribution in [3.8, 4) is 0 Å². The molecule has 0 aliphatic rings. The number of hydrogen-bond acceptors (Lipinski definition) is 3. The molecule has 0 aromatic carbocycles. The summed E-state index contributed by atoms with van der Waals surface area (Å²) in [6.07, 6.45) is 2.30. The van der Waals surface area contributed by atoms with Gasteiger partial charge < -0.3 is 9.64 Å². The molecule has 5 heteroatoms. The molecule has 1 atom stereocenters. The summed E-state index contributed by atoms with van der Waals surface area (Å²) in [6.45, 7) is 5.72. The summed E-state index contributed by atoms with van der Waals surface area (Å²) in [4.78, 5) is 6.44. The third-order valence-corrected chi connectivity index (χ3v) is 2.09. The molecule has 0 saturated carbocycles. The quantitative estimate of drug-likeness (QED) is 0.295. The number of hydrazine groups is 1. The summed E-state index contributed by atoms with van der Waals surface area (Å²) in [6, 6.07) is 0.116. The highest BCUT2D eigenvalue weighted by molar-refractivity contribution is 5.79. The Morgan fingerprint density at radius 3 is 2.73 bits per heavy atom. The molecule has 15 heavy (non-hydrogen) atoms. The van der Waals surface area contributed by atoms with E-state index in [2.05, 4.69) is 17.3 Å². The van der Waals surface area contributed by atoms with Crippen LogP contribution in [0.4, 0.5) is 0 Å². The highest BCUT2D eigenvalue weighted by atomic mass is 16.5. The summed E-state index contributed by atoms with van der Waals surface area (Å²) in [5.74, 6) is 6.14. The first kappa shape index (κ1) is 14.2. The first-order chi connectivity index (χ1) is 7.15. The molecule has 5 nitrogen and oxygen atoms in total. The van der Waals surface area contributed by atoms with Gasteiger partial charge in [0.2, 0.25) is 5.96 Å². The van der Waals surface area contributed by atoms with Gasteiger partial charge in [0.15, 0.2) is 0 Å². The Kier molecular flexibility index (Phi) is 8.04. The smallest absolute Gasteiger partial charge is 0.208 e. The van der Waals surface area contributed by atoms with E-state index >= 15 is 0 Å². The van der Waals surface area contributed by atoms with Crippen LogP contribution in [0.25, 0.3) is 0 Å². The largest absolute Gasteiger partial charge is 0.382 e. The summed E-state index contributed by atoms with van der Waals surface area (Å²) in [7, 11) is 3.65. The summed E-state index contributed by atoms with van der Waals surface area (Å²) in [5.41, 5.74) is 2.62.